The molecule has 0 saturated heterocycles. The summed E-state index contributed by atoms with van der Waals surface area (Å²) < 4.78 is 0.624. The zero-order valence-electron chi connectivity index (χ0n) is 10.7. The van der Waals surface area contributed by atoms with Crippen molar-refractivity contribution in [2.45, 2.75) is 0 Å². The van der Waals surface area contributed by atoms with Crippen LogP contribution in [0.25, 0.3) is 10.9 Å². The van der Waals surface area contributed by atoms with Gasteiger partial charge in [0, 0.05) is 11.1 Å². The lowest BCUT2D eigenvalue weighted by atomic mass is 10.2. The first-order valence-electron chi connectivity index (χ1n) is 6.05. The maximum absolute atomic E-state index is 12.4. The Morgan fingerprint density at radius 1 is 1.33 bits per heavy atom. The molecule has 0 aliphatic heterocycles. The van der Waals surface area contributed by atoms with Crippen molar-refractivity contribution in [1.29, 1.82) is 0 Å². The lowest BCUT2D eigenvalue weighted by Crippen LogP contribution is -2.13. The van der Waals surface area contributed by atoms with Gasteiger partial charge in [-0.2, -0.15) is 5.10 Å². The number of fused-ring (bicyclic) bond motifs is 1. The molecule has 7 heteroatoms. The van der Waals surface area contributed by atoms with Gasteiger partial charge in [-0.1, -0.05) is 17.7 Å². The molecule has 0 fully saturated rings. The van der Waals surface area contributed by atoms with E-state index in [1.807, 2.05) is 0 Å². The lowest BCUT2D eigenvalue weighted by molar-refractivity contribution is 0.102. The van der Waals surface area contributed by atoms with Crippen LogP contribution < -0.4 is 11.1 Å². The topological polar surface area (TPSA) is 83.8 Å². The number of nitrogens with one attached hydrogen (secondary N) is 2. The molecule has 3 rings (SSSR count). The highest BCUT2D eigenvalue weighted by atomic mass is 79.9. The van der Waals surface area contributed by atoms with Crippen molar-refractivity contribution >= 4 is 55.7 Å². The number of carbonyl (C=O) groups is 1. The van der Waals surface area contributed by atoms with Crippen LogP contribution >= 0.6 is 27.5 Å². The van der Waals surface area contributed by atoms with E-state index in [2.05, 4.69) is 31.4 Å². The molecule has 0 atom stereocenters. The number of carbonyl (C=O) groups excluding carboxylic acids is 1. The molecule has 0 radical (unpaired) electrons. The van der Waals surface area contributed by atoms with Crippen molar-refractivity contribution in [1.82, 2.24) is 10.2 Å². The van der Waals surface area contributed by atoms with E-state index in [0.29, 0.717) is 26.3 Å². The van der Waals surface area contributed by atoms with Gasteiger partial charge < -0.3 is 11.1 Å². The highest BCUT2D eigenvalue weighted by molar-refractivity contribution is 9.10. The number of hydrogen-bond donors (Lipinski definition) is 3. The van der Waals surface area contributed by atoms with Gasteiger partial charge in [0.15, 0.2) is 5.69 Å². The average Bonchev–Trinajstić information content (AvgIpc) is 2.87. The van der Waals surface area contributed by atoms with Gasteiger partial charge in [0.2, 0.25) is 0 Å². The third-order valence-electron chi connectivity index (χ3n) is 3.00. The standard InChI is InChI=1S/C14H10BrClN4O/c15-12-9(16)2-1-3-11(12)18-14(21)13-8-6-7(17)4-5-10(8)19-20-13/h1-6H,17H2,(H,18,21)(H,19,20). The normalized spacial score (nSPS) is 10.8. The number of benzene rings is 2. The van der Waals surface area contributed by atoms with Crippen molar-refractivity contribution < 1.29 is 4.79 Å². The van der Waals surface area contributed by atoms with Crippen molar-refractivity contribution in [3.05, 3.63) is 51.6 Å². The number of halogens is 2. The van der Waals surface area contributed by atoms with Gasteiger partial charge in [-0.3, -0.25) is 9.89 Å². The van der Waals surface area contributed by atoms with Gasteiger partial charge in [-0.15, -0.1) is 0 Å². The molecule has 2 aromatic carbocycles. The zero-order valence-corrected chi connectivity index (χ0v) is 13.0. The summed E-state index contributed by atoms with van der Waals surface area (Å²) in [7, 11) is 0. The summed E-state index contributed by atoms with van der Waals surface area (Å²) in [5.41, 5.74) is 7.93. The Morgan fingerprint density at radius 2 is 2.14 bits per heavy atom. The number of hydrogen-bond acceptors (Lipinski definition) is 3. The van der Waals surface area contributed by atoms with Gasteiger partial charge >= 0.3 is 0 Å². The predicted molar refractivity (Wildman–Crippen MR) is 87.6 cm³/mol. The molecule has 0 bridgehead atoms. The first-order valence-corrected chi connectivity index (χ1v) is 7.22. The Morgan fingerprint density at radius 3 is 2.95 bits per heavy atom. The second-order valence-corrected chi connectivity index (χ2v) is 5.63. The number of aromatic nitrogens is 2. The van der Waals surface area contributed by atoms with Crippen LogP contribution in [0.3, 0.4) is 0 Å². The monoisotopic (exact) mass is 364 g/mol. The first-order chi connectivity index (χ1) is 10.1. The van der Waals surface area contributed by atoms with Gasteiger partial charge in [0.05, 0.1) is 20.7 Å². The summed E-state index contributed by atoms with van der Waals surface area (Å²) in [5.74, 6) is -0.338. The second kappa shape index (κ2) is 5.38. The Labute approximate surface area is 133 Å². The number of rotatable bonds is 2. The number of nitrogens with two attached hydrogens (primary N) is 1. The Balaban J connectivity index is 1.97. The van der Waals surface area contributed by atoms with Crippen LogP contribution in [-0.2, 0) is 0 Å². The van der Waals surface area contributed by atoms with E-state index in [1.54, 1.807) is 36.4 Å². The van der Waals surface area contributed by atoms with E-state index < -0.39 is 0 Å². The summed E-state index contributed by atoms with van der Waals surface area (Å²) in [6.07, 6.45) is 0. The van der Waals surface area contributed by atoms with Crippen LogP contribution in [0, 0.1) is 0 Å². The second-order valence-electron chi connectivity index (χ2n) is 4.43. The molecular weight excluding hydrogens is 356 g/mol. The fraction of sp³-hybridized carbons (Fsp3) is 0. The maximum atomic E-state index is 12.4. The van der Waals surface area contributed by atoms with Crippen LogP contribution in [0.4, 0.5) is 11.4 Å². The zero-order chi connectivity index (χ0) is 15.0. The first kappa shape index (κ1) is 13.9. The molecule has 3 aromatic rings. The fourth-order valence-electron chi connectivity index (χ4n) is 1.99. The summed E-state index contributed by atoms with van der Waals surface area (Å²) in [4.78, 5) is 12.4. The van der Waals surface area contributed by atoms with E-state index in [0.717, 1.165) is 5.52 Å². The largest absolute Gasteiger partial charge is 0.399 e. The van der Waals surface area contributed by atoms with Gasteiger partial charge in [0.1, 0.15) is 0 Å². The molecule has 0 aliphatic rings. The Hall–Kier alpha value is -2.05. The van der Waals surface area contributed by atoms with Gasteiger partial charge in [0.25, 0.3) is 5.91 Å². The number of nitrogen functional groups attached to an aromatic ring is 1. The minimum absolute atomic E-state index is 0.282. The molecule has 1 aromatic heterocycles. The van der Waals surface area contributed by atoms with Crippen LogP contribution in [0.2, 0.25) is 5.02 Å². The third-order valence-corrected chi connectivity index (χ3v) is 4.40. The molecule has 1 heterocycles. The summed E-state index contributed by atoms with van der Waals surface area (Å²) in [6, 6.07) is 10.5. The van der Waals surface area contributed by atoms with E-state index in [1.165, 1.54) is 0 Å². The number of anilines is 2. The predicted octanol–water partition coefficient (Wildman–Crippen LogP) is 3.81. The molecule has 1 amide bonds. The van der Waals surface area contributed by atoms with Crippen molar-refractivity contribution in [2.75, 3.05) is 11.1 Å². The highest BCUT2D eigenvalue weighted by Crippen LogP contribution is 2.30. The molecular formula is C14H10BrClN4O. The SMILES string of the molecule is Nc1ccc2[nH]nc(C(=O)Nc3cccc(Cl)c3Br)c2c1. The van der Waals surface area contributed by atoms with E-state index in [-0.39, 0.29) is 11.6 Å². The summed E-state index contributed by atoms with van der Waals surface area (Å²) in [5, 5.41) is 10.8. The lowest BCUT2D eigenvalue weighted by Gasteiger charge is -2.07. The fourth-order valence-corrected chi connectivity index (χ4v) is 2.52. The van der Waals surface area contributed by atoms with Gasteiger partial charge in [-0.25, -0.2) is 0 Å². The Bertz CT molecular complexity index is 846. The number of amides is 1. The third kappa shape index (κ3) is 2.59. The number of aromatic amines is 1. The van der Waals surface area contributed by atoms with E-state index in [9.17, 15) is 4.79 Å². The molecule has 106 valence electrons. The molecule has 4 N–H and O–H groups in total. The summed E-state index contributed by atoms with van der Waals surface area (Å²) in [6.45, 7) is 0. The smallest absolute Gasteiger partial charge is 0.276 e. The van der Waals surface area contributed by atoms with Crippen LogP contribution in [-0.4, -0.2) is 16.1 Å². The van der Waals surface area contributed by atoms with Crippen LogP contribution in [0.15, 0.2) is 40.9 Å². The van der Waals surface area contributed by atoms with E-state index in [4.69, 9.17) is 17.3 Å². The van der Waals surface area contributed by atoms with Gasteiger partial charge in [-0.05, 0) is 46.3 Å². The summed E-state index contributed by atoms with van der Waals surface area (Å²) >= 11 is 9.34. The molecule has 0 spiro atoms. The van der Waals surface area contributed by atoms with Crippen molar-refractivity contribution in [3.8, 4) is 0 Å². The maximum Gasteiger partial charge on any atom is 0.276 e. The highest BCUT2D eigenvalue weighted by Gasteiger charge is 2.16. The molecule has 5 nitrogen and oxygen atoms in total. The Kier molecular flexibility index (Phi) is 3.57. The van der Waals surface area contributed by atoms with E-state index >= 15 is 0 Å². The minimum Gasteiger partial charge on any atom is -0.399 e. The van der Waals surface area contributed by atoms with Crippen LogP contribution in [0.1, 0.15) is 10.5 Å². The number of nitrogens with zero attached hydrogens (tertiary/aromatic N) is 1. The molecule has 0 unspecified atom stereocenters. The average molecular weight is 366 g/mol. The van der Waals surface area contributed by atoms with Crippen LogP contribution in [0.5, 0.6) is 0 Å². The van der Waals surface area contributed by atoms with Crippen molar-refractivity contribution in [3.63, 3.8) is 0 Å². The molecule has 21 heavy (non-hydrogen) atoms. The molecule has 0 aliphatic carbocycles. The number of H-pyrrole nitrogens is 1. The minimum atomic E-state index is -0.338. The van der Waals surface area contributed by atoms with Crippen molar-refractivity contribution in [2.24, 2.45) is 0 Å². The quantitative estimate of drug-likeness (QED) is 0.604. The molecule has 0 saturated carbocycles.